The van der Waals surface area contributed by atoms with Crippen LogP contribution in [-0.4, -0.2) is 22.2 Å². The van der Waals surface area contributed by atoms with Crippen LogP contribution in [0.2, 0.25) is 0 Å². The first-order valence-corrected chi connectivity index (χ1v) is 22.5. The molecule has 50 heavy (non-hydrogen) atoms. The maximum absolute atomic E-state index is 10.3. The monoisotopic (exact) mass is 711 g/mol. The van der Waals surface area contributed by atoms with Crippen molar-refractivity contribution >= 4 is 11.9 Å². The van der Waals surface area contributed by atoms with E-state index in [4.69, 9.17) is 10.2 Å². The number of carboxylic acids is 2. The van der Waals surface area contributed by atoms with Gasteiger partial charge in [-0.1, -0.05) is 228 Å². The van der Waals surface area contributed by atoms with Crippen LogP contribution in [0, 0.1) is 17.8 Å². The van der Waals surface area contributed by atoms with E-state index in [0.29, 0.717) is 12.8 Å². The van der Waals surface area contributed by atoms with Gasteiger partial charge in [-0.2, -0.15) is 0 Å². The molecular formula is C46H94O4. The topological polar surface area (TPSA) is 74.6 Å². The Morgan fingerprint density at radius 1 is 0.340 bits per heavy atom. The number of aliphatic carboxylic acids is 2. The minimum atomic E-state index is -0.653. The Bertz CT molecular complexity index is 590. The van der Waals surface area contributed by atoms with Gasteiger partial charge in [0, 0.05) is 12.8 Å². The molecule has 0 radical (unpaired) electrons. The summed E-state index contributed by atoms with van der Waals surface area (Å²) in [7, 11) is 0. The Morgan fingerprint density at radius 3 is 0.680 bits per heavy atom. The molecule has 0 amide bonds. The third-order valence-corrected chi connectivity index (χ3v) is 9.74. The smallest absolute Gasteiger partial charge is 0.303 e. The summed E-state index contributed by atoms with van der Waals surface area (Å²) in [5.41, 5.74) is 0. The van der Waals surface area contributed by atoms with Gasteiger partial charge in [0.1, 0.15) is 0 Å². The molecule has 0 aromatic rings. The van der Waals surface area contributed by atoms with Gasteiger partial charge in [0.25, 0.3) is 0 Å². The number of carbonyl (C=O) groups is 2. The lowest BCUT2D eigenvalue weighted by Crippen LogP contribution is -2.03. The summed E-state index contributed by atoms with van der Waals surface area (Å²) in [5.74, 6) is 1.35. The largest absolute Gasteiger partial charge is 0.481 e. The average molecular weight is 711 g/mol. The summed E-state index contributed by atoms with van der Waals surface area (Å²) in [4.78, 5) is 20.7. The van der Waals surface area contributed by atoms with E-state index in [-0.39, 0.29) is 0 Å². The molecule has 0 aliphatic carbocycles. The predicted molar refractivity (Wildman–Crippen MR) is 222 cm³/mol. The van der Waals surface area contributed by atoms with Gasteiger partial charge in [-0.05, 0) is 43.4 Å². The van der Waals surface area contributed by atoms with Crippen molar-refractivity contribution < 1.29 is 19.8 Å². The normalized spacial score (nSPS) is 11.1. The van der Waals surface area contributed by atoms with E-state index in [1.54, 1.807) is 0 Å². The van der Waals surface area contributed by atoms with E-state index < -0.39 is 11.9 Å². The van der Waals surface area contributed by atoms with Gasteiger partial charge in [0.15, 0.2) is 0 Å². The fraction of sp³-hybridized carbons (Fsp3) is 0.957. The van der Waals surface area contributed by atoms with Crippen LogP contribution in [0.25, 0.3) is 0 Å². The van der Waals surface area contributed by atoms with E-state index >= 15 is 0 Å². The molecule has 0 saturated heterocycles. The van der Waals surface area contributed by atoms with Gasteiger partial charge in [0.2, 0.25) is 0 Å². The van der Waals surface area contributed by atoms with Crippen molar-refractivity contribution in [2.75, 3.05) is 0 Å². The predicted octanol–water partition coefficient (Wildman–Crippen LogP) is 16.4. The molecule has 0 heterocycles. The quantitative estimate of drug-likeness (QED) is 0.0635. The Labute approximate surface area is 315 Å². The summed E-state index contributed by atoms with van der Waals surface area (Å²) in [6.45, 7) is 16.1. The first-order valence-electron chi connectivity index (χ1n) is 22.5. The van der Waals surface area contributed by atoms with E-state index in [9.17, 15) is 9.59 Å². The summed E-state index contributed by atoms with van der Waals surface area (Å²) in [6, 6.07) is 0. The highest BCUT2D eigenvalue weighted by atomic mass is 16.4. The fourth-order valence-corrected chi connectivity index (χ4v) is 7.00. The van der Waals surface area contributed by atoms with Crippen molar-refractivity contribution in [1.82, 2.24) is 0 Å². The summed E-state index contributed by atoms with van der Waals surface area (Å²) in [6.07, 6.45) is 43.2. The summed E-state index contributed by atoms with van der Waals surface area (Å²) < 4.78 is 0. The standard InChI is InChI=1S/2C18H36O2.C10H22/c2*1-2-3-4-5-6-7-8-9-10-11-12-13-14-15-16-17-18(19)20;1-8(2)6-10(5)7-9(3)4/h2*2-17H2,1H3,(H,19,20);8-10H,6-7H2,1-5H3. The molecule has 0 bridgehead atoms. The summed E-state index contributed by atoms with van der Waals surface area (Å²) in [5, 5.41) is 17.0. The Morgan fingerprint density at radius 2 is 0.520 bits per heavy atom. The third kappa shape index (κ3) is 59.1. The van der Waals surface area contributed by atoms with Crippen LogP contribution in [-0.2, 0) is 9.59 Å². The van der Waals surface area contributed by atoms with Crippen molar-refractivity contribution in [3.05, 3.63) is 0 Å². The number of carboxylic acid groups (broad SMARTS) is 2. The second kappa shape index (κ2) is 46.0. The molecule has 2 N–H and O–H groups in total. The molecule has 0 aromatic carbocycles. The highest BCUT2D eigenvalue weighted by Crippen LogP contribution is 2.19. The molecule has 0 atom stereocenters. The second-order valence-electron chi connectivity index (χ2n) is 16.6. The zero-order valence-corrected chi connectivity index (χ0v) is 35.5. The van der Waals surface area contributed by atoms with E-state index in [2.05, 4.69) is 48.5 Å². The Hall–Kier alpha value is -1.06. The van der Waals surface area contributed by atoms with Crippen molar-refractivity contribution in [2.45, 2.75) is 267 Å². The van der Waals surface area contributed by atoms with Gasteiger partial charge in [0.05, 0.1) is 0 Å². The molecule has 4 heteroatoms. The Balaban J connectivity index is -0.000000701. The number of unbranched alkanes of at least 4 members (excludes halogenated alkanes) is 28. The molecule has 0 fully saturated rings. The van der Waals surface area contributed by atoms with Crippen molar-refractivity contribution in [3.63, 3.8) is 0 Å². The average Bonchev–Trinajstić information content (AvgIpc) is 3.04. The van der Waals surface area contributed by atoms with Gasteiger partial charge in [-0.25, -0.2) is 0 Å². The minimum absolute atomic E-state index is 0.345. The molecule has 0 unspecified atom stereocenters. The third-order valence-electron chi connectivity index (χ3n) is 9.74. The molecule has 4 nitrogen and oxygen atoms in total. The van der Waals surface area contributed by atoms with Crippen LogP contribution >= 0.6 is 0 Å². The lowest BCUT2D eigenvalue weighted by Gasteiger charge is -2.15. The maximum atomic E-state index is 10.3. The molecule has 302 valence electrons. The molecular weight excluding hydrogens is 617 g/mol. The molecule has 0 aliphatic rings. The van der Waals surface area contributed by atoms with Gasteiger partial charge < -0.3 is 10.2 Å². The SMILES string of the molecule is CC(C)CC(C)CC(C)C.CCCCCCCCCCCCCCCCCC(=O)O.CCCCCCCCCCCCCCCCCC(=O)O. The van der Waals surface area contributed by atoms with Crippen LogP contribution < -0.4 is 0 Å². The van der Waals surface area contributed by atoms with Crippen LogP contribution in [0.1, 0.15) is 267 Å². The maximum Gasteiger partial charge on any atom is 0.303 e. The molecule has 0 aliphatic heterocycles. The number of rotatable bonds is 36. The second-order valence-corrected chi connectivity index (χ2v) is 16.6. The van der Waals surface area contributed by atoms with Crippen LogP contribution in [0.3, 0.4) is 0 Å². The van der Waals surface area contributed by atoms with Crippen molar-refractivity contribution in [3.8, 4) is 0 Å². The van der Waals surface area contributed by atoms with E-state index in [1.165, 1.54) is 180 Å². The van der Waals surface area contributed by atoms with Crippen LogP contribution in [0.4, 0.5) is 0 Å². The van der Waals surface area contributed by atoms with Crippen LogP contribution in [0.5, 0.6) is 0 Å². The lowest BCUT2D eigenvalue weighted by atomic mass is 9.91. The molecule has 0 spiro atoms. The van der Waals surface area contributed by atoms with Gasteiger partial charge >= 0.3 is 11.9 Å². The molecule has 0 rings (SSSR count). The first-order chi connectivity index (χ1) is 24.1. The van der Waals surface area contributed by atoms with Gasteiger partial charge in [-0.15, -0.1) is 0 Å². The van der Waals surface area contributed by atoms with Crippen molar-refractivity contribution in [1.29, 1.82) is 0 Å². The minimum Gasteiger partial charge on any atom is -0.481 e. The van der Waals surface area contributed by atoms with E-state index in [0.717, 1.165) is 43.4 Å². The Kier molecular flexibility index (Phi) is 49.0. The lowest BCUT2D eigenvalue weighted by molar-refractivity contribution is -0.138. The summed E-state index contributed by atoms with van der Waals surface area (Å²) >= 11 is 0. The first kappa shape index (κ1) is 53.3. The zero-order chi connectivity index (χ0) is 37.9. The highest BCUT2D eigenvalue weighted by Gasteiger charge is 2.06. The van der Waals surface area contributed by atoms with Crippen LogP contribution in [0.15, 0.2) is 0 Å². The van der Waals surface area contributed by atoms with Gasteiger partial charge in [-0.3, -0.25) is 9.59 Å². The van der Waals surface area contributed by atoms with E-state index in [1.807, 2.05) is 0 Å². The number of hydrogen-bond acceptors (Lipinski definition) is 2. The molecule has 0 saturated carbocycles. The highest BCUT2D eigenvalue weighted by molar-refractivity contribution is 5.66. The molecule has 0 aromatic heterocycles. The fourth-order valence-electron chi connectivity index (χ4n) is 7.00. The zero-order valence-electron chi connectivity index (χ0n) is 35.5. The number of hydrogen-bond donors (Lipinski definition) is 2. The van der Waals surface area contributed by atoms with Crippen molar-refractivity contribution in [2.24, 2.45) is 17.8 Å².